The number of hydrogen-bond acceptors (Lipinski definition) is 7. The Labute approximate surface area is 119 Å². The lowest BCUT2D eigenvalue weighted by atomic mass is 10.0. The Kier molecular flexibility index (Phi) is 3.51. The van der Waals surface area contributed by atoms with Crippen LogP contribution in [0.1, 0.15) is 0 Å². The van der Waals surface area contributed by atoms with Crippen molar-refractivity contribution in [3.8, 4) is 0 Å². The van der Waals surface area contributed by atoms with Crippen LogP contribution in [0.15, 0.2) is 24.0 Å². The molecule has 3 rings (SSSR count). The third kappa shape index (κ3) is 2.99. The van der Waals surface area contributed by atoms with E-state index >= 15 is 0 Å². The lowest BCUT2D eigenvalue weighted by molar-refractivity contribution is -0.148. The van der Waals surface area contributed by atoms with E-state index in [-0.39, 0.29) is 25.1 Å². The van der Waals surface area contributed by atoms with Crippen LogP contribution in [0.25, 0.3) is 0 Å². The van der Waals surface area contributed by atoms with Crippen molar-refractivity contribution < 1.29 is 23.5 Å². The Morgan fingerprint density at radius 3 is 2.76 bits per heavy atom. The second kappa shape index (κ2) is 5.47. The molecule has 1 aromatic rings. The lowest BCUT2D eigenvalue weighted by Gasteiger charge is -2.37. The zero-order chi connectivity index (χ0) is 14.8. The molecule has 2 aliphatic heterocycles. The minimum atomic E-state index is -0.503. The SMILES string of the molecule is O=C1C=C(COC(=O)C2CN(c3ncc(F)cn3)C2)CO1. The van der Waals surface area contributed by atoms with E-state index in [0.29, 0.717) is 24.6 Å². The van der Waals surface area contributed by atoms with Crippen LogP contribution in [-0.4, -0.2) is 48.2 Å². The van der Waals surface area contributed by atoms with E-state index in [9.17, 15) is 14.0 Å². The van der Waals surface area contributed by atoms with E-state index in [1.165, 1.54) is 6.08 Å². The van der Waals surface area contributed by atoms with Crippen molar-refractivity contribution >= 4 is 17.9 Å². The maximum absolute atomic E-state index is 12.7. The standard InChI is InChI=1S/C13H12FN3O4/c14-10-2-15-13(16-3-10)17-4-9(5-17)12(19)21-7-8-1-11(18)20-6-8/h1-3,9H,4-7H2. The van der Waals surface area contributed by atoms with Crippen molar-refractivity contribution in [3.63, 3.8) is 0 Å². The van der Waals surface area contributed by atoms with Gasteiger partial charge in [-0.15, -0.1) is 0 Å². The molecule has 0 spiro atoms. The summed E-state index contributed by atoms with van der Waals surface area (Å²) in [7, 11) is 0. The molecule has 0 bridgehead atoms. The molecular weight excluding hydrogens is 281 g/mol. The highest BCUT2D eigenvalue weighted by atomic mass is 19.1. The fraction of sp³-hybridized carbons (Fsp3) is 0.385. The van der Waals surface area contributed by atoms with Crippen LogP contribution in [0.5, 0.6) is 0 Å². The van der Waals surface area contributed by atoms with Gasteiger partial charge in [0.1, 0.15) is 13.2 Å². The Balaban J connectivity index is 1.45. The first kappa shape index (κ1) is 13.5. The van der Waals surface area contributed by atoms with E-state index in [4.69, 9.17) is 9.47 Å². The Hall–Kier alpha value is -2.51. The van der Waals surface area contributed by atoms with Gasteiger partial charge in [0.15, 0.2) is 5.82 Å². The largest absolute Gasteiger partial charge is 0.461 e. The molecule has 0 N–H and O–H groups in total. The van der Waals surface area contributed by atoms with Gasteiger partial charge in [-0.05, 0) is 0 Å². The summed E-state index contributed by atoms with van der Waals surface area (Å²) in [5.41, 5.74) is 0.645. The van der Waals surface area contributed by atoms with Gasteiger partial charge in [0.05, 0.1) is 18.3 Å². The number of rotatable bonds is 4. The van der Waals surface area contributed by atoms with E-state index in [2.05, 4.69) is 9.97 Å². The van der Waals surface area contributed by atoms with Gasteiger partial charge in [0, 0.05) is 24.7 Å². The van der Waals surface area contributed by atoms with Crippen molar-refractivity contribution in [1.82, 2.24) is 9.97 Å². The van der Waals surface area contributed by atoms with Gasteiger partial charge in [-0.3, -0.25) is 4.79 Å². The van der Waals surface area contributed by atoms with Gasteiger partial charge in [-0.1, -0.05) is 0 Å². The summed E-state index contributed by atoms with van der Waals surface area (Å²) in [5.74, 6) is -1.13. The van der Waals surface area contributed by atoms with Gasteiger partial charge in [-0.2, -0.15) is 0 Å². The maximum Gasteiger partial charge on any atom is 0.331 e. The average Bonchev–Trinajstić information content (AvgIpc) is 2.83. The topological polar surface area (TPSA) is 81.6 Å². The zero-order valence-electron chi connectivity index (χ0n) is 11.0. The number of aromatic nitrogens is 2. The van der Waals surface area contributed by atoms with Crippen LogP contribution in [0.2, 0.25) is 0 Å². The lowest BCUT2D eigenvalue weighted by Crippen LogP contribution is -2.51. The molecular formula is C13H12FN3O4. The molecule has 21 heavy (non-hydrogen) atoms. The van der Waals surface area contributed by atoms with Crippen LogP contribution in [0, 0.1) is 11.7 Å². The molecule has 8 heteroatoms. The van der Waals surface area contributed by atoms with Crippen LogP contribution in [-0.2, 0) is 19.1 Å². The highest BCUT2D eigenvalue weighted by Crippen LogP contribution is 2.22. The van der Waals surface area contributed by atoms with Gasteiger partial charge in [0.2, 0.25) is 5.95 Å². The fourth-order valence-electron chi connectivity index (χ4n) is 2.04. The summed E-state index contributed by atoms with van der Waals surface area (Å²) >= 11 is 0. The summed E-state index contributed by atoms with van der Waals surface area (Å²) in [4.78, 5) is 32.1. The quantitative estimate of drug-likeness (QED) is 0.727. The van der Waals surface area contributed by atoms with Gasteiger partial charge in [0.25, 0.3) is 0 Å². The van der Waals surface area contributed by atoms with E-state index in [1.807, 2.05) is 0 Å². The van der Waals surface area contributed by atoms with E-state index < -0.39 is 11.8 Å². The molecule has 2 aliphatic rings. The second-order valence-electron chi connectivity index (χ2n) is 4.82. The van der Waals surface area contributed by atoms with Crippen molar-refractivity contribution in [2.45, 2.75) is 0 Å². The van der Waals surface area contributed by atoms with E-state index in [1.54, 1.807) is 4.90 Å². The molecule has 7 nitrogen and oxygen atoms in total. The number of halogens is 1. The third-order valence-electron chi connectivity index (χ3n) is 3.23. The molecule has 0 radical (unpaired) electrons. The molecule has 0 amide bonds. The van der Waals surface area contributed by atoms with Crippen molar-refractivity contribution in [3.05, 3.63) is 29.9 Å². The van der Waals surface area contributed by atoms with Crippen molar-refractivity contribution in [2.75, 3.05) is 31.2 Å². The van der Waals surface area contributed by atoms with Crippen LogP contribution < -0.4 is 4.90 Å². The second-order valence-corrected chi connectivity index (χ2v) is 4.82. The molecule has 0 unspecified atom stereocenters. The maximum atomic E-state index is 12.7. The predicted molar refractivity (Wildman–Crippen MR) is 67.7 cm³/mol. The number of anilines is 1. The van der Waals surface area contributed by atoms with Crippen LogP contribution >= 0.6 is 0 Å². The van der Waals surface area contributed by atoms with Gasteiger partial charge >= 0.3 is 11.9 Å². The number of ether oxygens (including phenoxy) is 2. The number of nitrogens with zero attached hydrogens (tertiary/aromatic N) is 3. The molecule has 1 aromatic heterocycles. The number of hydrogen-bond donors (Lipinski definition) is 0. The highest BCUT2D eigenvalue weighted by molar-refractivity contribution is 5.85. The Morgan fingerprint density at radius 2 is 2.14 bits per heavy atom. The number of carbonyl (C=O) groups excluding carboxylic acids is 2. The van der Waals surface area contributed by atoms with Gasteiger partial charge in [-0.25, -0.2) is 19.2 Å². The Morgan fingerprint density at radius 1 is 1.43 bits per heavy atom. The summed E-state index contributed by atoms with van der Waals surface area (Å²) in [6.45, 7) is 1.10. The summed E-state index contributed by atoms with van der Waals surface area (Å²) in [6, 6.07) is 0. The molecule has 0 atom stereocenters. The van der Waals surface area contributed by atoms with E-state index in [0.717, 1.165) is 12.4 Å². The number of cyclic esters (lactones) is 1. The smallest absolute Gasteiger partial charge is 0.331 e. The normalized spacial score (nSPS) is 18.0. The highest BCUT2D eigenvalue weighted by Gasteiger charge is 2.35. The fourth-order valence-corrected chi connectivity index (χ4v) is 2.04. The minimum absolute atomic E-state index is 0.0636. The zero-order valence-corrected chi connectivity index (χ0v) is 11.0. The number of esters is 2. The molecule has 0 saturated carbocycles. The molecule has 0 aromatic carbocycles. The minimum Gasteiger partial charge on any atom is -0.461 e. The molecule has 1 saturated heterocycles. The molecule has 3 heterocycles. The first-order valence-electron chi connectivity index (χ1n) is 6.37. The third-order valence-corrected chi connectivity index (χ3v) is 3.23. The van der Waals surface area contributed by atoms with Crippen molar-refractivity contribution in [1.29, 1.82) is 0 Å². The summed E-state index contributed by atoms with van der Waals surface area (Å²) in [5, 5.41) is 0. The number of carbonyl (C=O) groups is 2. The Bertz CT molecular complexity index is 596. The van der Waals surface area contributed by atoms with Gasteiger partial charge < -0.3 is 14.4 Å². The molecule has 1 fully saturated rings. The molecule has 0 aliphatic carbocycles. The first-order chi connectivity index (χ1) is 10.1. The van der Waals surface area contributed by atoms with Crippen molar-refractivity contribution in [2.24, 2.45) is 5.92 Å². The molecule has 110 valence electrons. The predicted octanol–water partition coefficient (Wildman–Crippen LogP) is 0.0783. The summed E-state index contributed by atoms with van der Waals surface area (Å²) < 4.78 is 22.5. The monoisotopic (exact) mass is 293 g/mol. The van der Waals surface area contributed by atoms with Crippen LogP contribution in [0.3, 0.4) is 0 Å². The summed E-state index contributed by atoms with van der Waals surface area (Å²) in [6.07, 6.45) is 3.49. The van der Waals surface area contributed by atoms with Crippen LogP contribution in [0.4, 0.5) is 10.3 Å². The average molecular weight is 293 g/mol. The first-order valence-corrected chi connectivity index (χ1v) is 6.37.